The van der Waals surface area contributed by atoms with E-state index in [1.807, 2.05) is 19.1 Å². The van der Waals surface area contributed by atoms with Crippen LogP contribution in [0.5, 0.6) is 0 Å². The normalized spacial score (nSPS) is 10.1. The molecule has 0 aliphatic rings. The summed E-state index contributed by atoms with van der Waals surface area (Å²) in [6.45, 7) is 1.99. The van der Waals surface area contributed by atoms with Crippen LogP contribution in [-0.2, 0) is 5.75 Å². The van der Waals surface area contributed by atoms with Gasteiger partial charge >= 0.3 is 0 Å². The summed E-state index contributed by atoms with van der Waals surface area (Å²) in [6.07, 6.45) is 0. The number of benzene rings is 2. The minimum absolute atomic E-state index is 0. The minimum atomic E-state index is 0. The molecule has 1 heterocycles. The molecule has 0 bridgehead atoms. The van der Waals surface area contributed by atoms with Crippen LogP contribution in [0.2, 0.25) is 0 Å². The van der Waals surface area contributed by atoms with Crippen molar-refractivity contribution >= 4 is 58.3 Å². The zero-order valence-corrected chi connectivity index (χ0v) is 16.9. The lowest BCUT2D eigenvalue weighted by Gasteiger charge is -2.08. The van der Waals surface area contributed by atoms with Gasteiger partial charge in [-0.25, -0.2) is 9.97 Å². The van der Waals surface area contributed by atoms with Crippen LogP contribution in [-0.4, -0.2) is 9.97 Å². The highest BCUT2D eigenvalue weighted by molar-refractivity contribution is 14.1. The van der Waals surface area contributed by atoms with Crippen LogP contribution in [0.25, 0.3) is 0 Å². The first kappa shape index (κ1) is 19.0. The molecular formula is C18H17ClIN3S. The van der Waals surface area contributed by atoms with E-state index >= 15 is 0 Å². The molecule has 0 saturated carbocycles. The van der Waals surface area contributed by atoms with Gasteiger partial charge in [0.15, 0.2) is 5.16 Å². The second-order valence-electron chi connectivity index (χ2n) is 5.08. The highest BCUT2D eigenvalue weighted by atomic mass is 127. The Hall–Kier alpha value is -1.31. The van der Waals surface area contributed by atoms with Crippen molar-refractivity contribution in [1.82, 2.24) is 9.97 Å². The Balaban J connectivity index is 0.00000208. The largest absolute Gasteiger partial charge is 0.340 e. The molecule has 3 aromatic rings. The van der Waals surface area contributed by atoms with E-state index in [1.165, 1.54) is 9.13 Å². The van der Waals surface area contributed by atoms with Crippen molar-refractivity contribution in [2.45, 2.75) is 17.8 Å². The SMILES string of the molecule is Cc1cc(Nc2ccc(I)cc2)nc(SCc2ccccc2)n1.Cl. The molecule has 0 unspecified atom stereocenters. The first-order valence-corrected chi connectivity index (χ1v) is 9.30. The fraction of sp³-hybridized carbons (Fsp3) is 0.111. The number of hydrogen-bond acceptors (Lipinski definition) is 4. The van der Waals surface area contributed by atoms with E-state index < -0.39 is 0 Å². The third-order valence-electron chi connectivity index (χ3n) is 3.16. The van der Waals surface area contributed by atoms with Crippen molar-refractivity contribution < 1.29 is 0 Å². The van der Waals surface area contributed by atoms with Gasteiger partial charge in [0.25, 0.3) is 0 Å². The summed E-state index contributed by atoms with van der Waals surface area (Å²) in [6, 6.07) is 20.6. The molecule has 0 spiro atoms. The standard InChI is InChI=1S/C18H16IN3S.ClH/c1-13-11-17(21-16-9-7-15(19)8-10-16)22-18(20-13)23-12-14-5-3-2-4-6-14;/h2-11H,12H2,1H3,(H,20,21,22);1H. The van der Waals surface area contributed by atoms with Crippen LogP contribution >= 0.6 is 46.8 Å². The summed E-state index contributed by atoms with van der Waals surface area (Å²) >= 11 is 3.95. The van der Waals surface area contributed by atoms with Gasteiger partial charge < -0.3 is 5.32 Å². The number of nitrogens with one attached hydrogen (secondary N) is 1. The predicted molar refractivity (Wildman–Crippen MR) is 112 cm³/mol. The Morgan fingerprint density at radius 2 is 1.71 bits per heavy atom. The average Bonchev–Trinajstić information content (AvgIpc) is 2.56. The number of rotatable bonds is 5. The maximum absolute atomic E-state index is 4.61. The van der Waals surface area contributed by atoms with Gasteiger partial charge in [0, 0.05) is 26.8 Å². The van der Waals surface area contributed by atoms with Gasteiger partial charge in [0.2, 0.25) is 0 Å². The maximum Gasteiger partial charge on any atom is 0.190 e. The summed E-state index contributed by atoms with van der Waals surface area (Å²) in [5, 5.41) is 4.14. The summed E-state index contributed by atoms with van der Waals surface area (Å²) in [7, 11) is 0. The Morgan fingerprint density at radius 1 is 1.00 bits per heavy atom. The highest BCUT2D eigenvalue weighted by Crippen LogP contribution is 2.23. The highest BCUT2D eigenvalue weighted by Gasteiger charge is 2.04. The molecule has 0 saturated heterocycles. The Bertz CT molecular complexity index is 782. The van der Waals surface area contributed by atoms with Gasteiger partial charge in [-0.2, -0.15) is 0 Å². The molecule has 0 atom stereocenters. The Labute approximate surface area is 166 Å². The van der Waals surface area contributed by atoms with Gasteiger partial charge in [-0.3, -0.25) is 0 Å². The number of hydrogen-bond donors (Lipinski definition) is 1. The maximum atomic E-state index is 4.61. The van der Waals surface area contributed by atoms with Gasteiger partial charge in [0.1, 0.15) is 5.82 Å². The second kappa shape index (κ2) is 9.25. The number of aryl methyl sites for hydroxylation is 1. The average molecular weight is 470 g/mol. The van der Waals surface area contributed by atoms with Crippen LogP contribution in [0.3, 0.4) is 0 Å². The molecule has 0 aliphatic heterocycles. The van der Waals surface area contributed by atoms with Gasteiger partial charge in [-0.15, -0.1) is 12.4 Å². The van der Waals surface area contributed by atoms with Gasteiger partial charge in [0.05, 0.1) is 0 Å². The van der Waals surface area contributed by atoms with Crippen molar-refractivity contribution in [2.24, 2.45) is 0 Å². The van der Waals surface area contributed by atoms with Crippen LogP contribution in [0.15, 0.2) is 65.8 Å². The van der Waals surface area contributed by atoms with Crippen molar-refractivity contribution in [3.05, 3.63) is 75.5 Å². The molecule has 2 aromatic carbocycles. The van der Waals surface area contributed by atoms with Crippen molar-refractivity contribution in [3.63, 3.8) is 0 Å². The van der Waals surface area contributed by atoms with Crippen molar-refractivity contribution in [2.75, 3.05) is 5.32 Å². The molecule has 0 radical (unpaired) electrons. The summed E-state index contributed by atoms with van der Waals surface area (Å²) < 4.78 is 1.21. The van der Waals surface area contributed by atoms with Crippen LogP contribution in [0.1, 0.15) is 11.3 Å². The molecule has 0 aliphatic carbocycles. The van der Waals surface area contributed by atoms with Crippen molar-refractivity contribution in [1.29, 1.82) is 0 Å². The smallest absolute Gasteiger partial charge is 0.190 e. The lowest BCUT2D eigenvalue weighted by Crippen LogP contribution is -1.98. The molecule has 6 heteroatoms. The first-order chi connectivity index (χ1) is 11.2. The zero-order chi connectivity index (χ0) is 16.1. The topological polar surface area (TPSA) is 37.8 Å². The molecular weight excluding hydrogens is 453 g/mol. The van der Waals surface area contributed by atoms with Crippen LogP contribution in [0.4, 0.5) is 11.5 Å². The zero-order valence-electron chi connectivity index (χ0n) is 13.1. The number of nitrogens with zero attached hydrogens (tertiary/aromatic N) is 2. The Kier molecular flexibility index (Phi) is 7.33. The Morgan fingerprint density at radius 3 is 2.42 bits per heavy atom. The predicted octanol–water partition coefficient (Wildman–Crippen LogP) is 5.85. The molecule has 0 fully saturated rings. The molecule has 1 N–H and O–H groups in total. The quantitative estimate of drug-likeness (QED) is 0.289. The lowest BCUT2D eigenvalue weighted by molar-refractivity contribution is 0.937. The van der Waals surface area contributed by atoms with Gasteiger partial charge in [-0.1, -0.05) is 42.1 Å². The molecule has 3 rings (SSSR count). The first-order valence-electron chi connectivity index (χ1n) is 7.24. The minimum Gasteiger partial charge on any atom is -0.340 e. The number of thioether (sulfide) groups is 1. The van der Waals surface area contributed by atoms with Crippen LogP contribution < -0.4 is 5.32 Å². The summed E-state index contributed by atoms with van der Waals surface area (Å²) in [5.41, 5.74) is 3.26. The fourth-order valence-corrected chi connectivity index (χ4v) is 3.29. The van der Waals surface area contributed by atoms with Gasteiger partial charge in [-0.05, 0) is 59.3 Å². The van der Waals surface area contributed by atoms with E-state index in [2.05, 4.69) is 86.4 Å². The van der Waals surface area contributed by atoms with E-state index in [1.54, 1.807) is 11.8 Å². The van der Waals surface area contributed by atoms with Crippen LogP contribution in [0, 0.1) is 10.5 Å². The molecule has 0 amide bonds. The monoisotopic (exact) mass is 469 g/mol. The van der Waals surface area contributed by atoms with E-state index in [9.17, 15) is 0 Å². The number of anilines is 2. The van der Waals surface area contributed by atoms with E-state index in [4.69, 9.17) is 0 Å². The lowest BCUT2D eigenvalue weighted by atomic mass is 10.2. The third kappa shape index (κ3) is 5.65. The number of halogens is 2. The summed E-state index contributed by atoms with van der Waals surface area (Å²) in [5.74, 6) is 1.70. The second-order valence-corrected chi connectivity index (χ2v) is 7.27. The van der Waals surface area contributed by atoms with E-state index in [-0.39, 0.29) is 12.4 Å². The molecule has 3 nitrogen and oxygen atoms in total. The molecule has 24 heavy (non-hydrogen) atoms. The third-order valence-corrected chi connectivity index (χ3v) is 4.80. The van der Waals surface area contributed by atoms with Crippen molar-refractivity contribution in [3.8, 4) is 0 Å². The molecule has 1 aromatic heterocycles. The summed E-state index contributed by atoms with van der Waals surface area (Å²) in [4.78, 5) is 9.12. The molecule has 124 valence electrons. The fourth-order valence-electron chi connectivity index (χ4n) is 2.07. The number of aromatic nitrogens is 2. The van der Waals surface area contributed by atoms with E-state index in [0.717, 1.165) is 28.1 Å². The van der Waals surface area contributed by atoms with E-state index in [0.29, 0.717) is 0 Å².